The smallest absolute Gasteiger partial charge is 0.266 e. The SMILES string of the molecule is Cc1cccc(CN2CCCC[C@H]2c2nnc(-c3ccccn3)o2)c1. The third kappa shape index (κ3) is 3.61. The monoisotopic (exact) mass is 334 g/mol. The summed E-state index contributed by atoms with van der Waals surface area (Å²) in [4.78, 5) is 6.75. The Morgan fingerprint density at radius 3 is 2.92 bits per heavy atom. The first-order chi connectivity index (χ1) is 12.3. The lowest BCUT2D eigenvalue weighted by atomic mass is 10.0. The number of piperidine rings is 1. The Morgan fingerprint density at radius 1 is 1.12 bits per heavy atom. The van der Waals surface area contributed by atoms with E-state index < -0.39 is 0 Å². The van der Waals surface area contributed by atoms with Gasteiger partial charge in [-0.05, 0) is 44.0 Å². The van der Waals surface area contributed by atoms with E-state index in [1.54, 1.807) is 6.20 Å². The second-order valence-corrected chi connectivity index (χ2v) is 6.63. The highest BCUT2D eigenvalue weighted by molar-refractivity contribution is 5.45. The van der Waals surface area contributed by atoms with Gasteiger partial charge in [-0.1, -0.05) is 42.3 Å². The fourth-order valence-electron chi connectivity index (χ4n) is 3.47. The second-order valence-electron chi connectivity index (χ2n) is 6.63. The lowest BCUT2D eigenvalue weighted by Gasteiger charge is -2.33. The van der Waals surface area contributed by atoms with Gasteiger partial charge in [-0.2, -0.15) is 0 Å². The fourth-order valence-corrected chi connectivity index (χ4v) is 3.47. The molecule has 0 saturated carbocycles. The number of rotatable bonds is 4. The van der Waals surface area contributed by atoms with Crippen molar-refractivity contribution in [2.45, 2.75) is 38.8 Å². The highest BCUT2D eigenvalue weighted by Gasteiger charge is 2.28. The number of pyridine rings is 1. The molecule has 0 N–H and O–H groups in total. The molecule has 0 unspecified atom stereocenters. The first kappa shape index (κ1) is 16.0. The lowest BCUT2D eigenvalue weighted by Crippen LogP contribution is -2.33. The third-order valence-corrected chi connectivity index (χ3v) is 4.69. The van der Waals surface area contributed by atoms with Crippen LogP contribution in [0.15, 0.2) is 53.1 Å². The number of aromatic nitrogens is 3. The van der Waals surface area contributed by atoms with Crippen molar-refractivity contribution in [1.82, 2.24) is 20.1 Å². The highest BCUT2D eigenvalue weighted by Crippen LogP contribution is 2.32. The van der Waals surface area contributed by atoms with E-state index in [2.05, 4.69) is 51.3 Å². The minimum atomic E-state index is 0.180. The van der Waals surface area contributed by atoms with E-state index in [4.69, 9.17) is 4.42 Å². The van der Waals surface area contributed by atoms with Gasteiger partial charge in [0.1, 0.15) is 5.69 Å². The van der Waals surface area contributed by atoms with Crippen LogP contribution in [0, 0.1) is 6.92 Å². The molecule has 128 valence electrons. The van der Waals surface area contributed by atoms with Crippen LogP contribution in [0.3, 0.4) is 0 Å². The fraction of sp³-hybridized carbons (Fsp3) is 0.350. The molecule has 4 rings (SSSR count). The Labute approximate surface area is 147 Å². The molecule has 0 bridgehead atoms. The number of benzene rings is 1. The standard InChI is InChI=1S/C20H22N4O/c1-15-7-6-8-16(13-15)14-24-12-5-3-10-18(24)20-23-22-19(25-20)17-9-2-4-11-21-17/h2,4,6-9,11,13,18H,3,5,10,12,14H2,1H3/t18-/m0/s1. The van der Waals surface area contributed by atoms with E-state index in [-0.39, 0.29) is 6.04 Å². The molecule has 5 heteroatoms. The van der Waals surface area contributed by atoms with Gasteiger partial charge in [0, 0.05) is 12.7 Å². The van der Waals surface area contributed by atoms with Gasteiger partial charge in [-0.3, -0.25) is 9.88 Å². The molecule has 0 radical (unpaired) electrons. The summed E-state index contributed by atoms with van der Waals surface area (Å²) in [5, 5.41) is 8.54. The van der Waals surface area contributed by atoms with Crippen LogP contribution in [-0.2, 0) is 6.54 Å². The zero-order valence-electron chi connectivity index (χ0n) is 14.4. The normalized spacial score (nSPS) is 18.4. The summed E-state index contributed by atoms with van der Waals surface area (Å²) >= 11 is 0. The molecular formula is C20H22N4O. The van der Waals surface area contributed by atoms with Crippen molar-refractivity contribution in [3.8, 4) is 11.6 Å². The predicted molar refractivity (Wildman–Crippen MR) is 95.7 cm³/mol. The maximum Gasteiger partial charge on any atom is 0.266 e. The first-order valence-corrected chi connectivity index (χ1v) is 8.84. The summed E-state index contributed by atoms with van der Waals surface area (Å²) in [5.41, 5.74) is 3.35. The highest BCUT2D eigenvalue weighted by atomic mass is 16.4. The second kappa shape index (κ2) is 7.15. The largest absolute Gasteiger partial charge is 0.418 e. The van der Waals surface area contributed by atoms with Crippen LogP contribution in [0.25, 0.3) is 11.6 Å². The summed E-state index contributed by atoms with van der Waals surface area (Å²) in [5.74, 6) is 1.20. The van der Waals surface area contributed by atoms with Gasteiger partial charge in [-0.15, -0.1) is 10.2 Å². The van der Waals surface area contributed by atoms with Crippen molar-refractivity contribution in [2.75, 3.05) is 6.54 Å². The van der Waals surface area contributed by atoms with E-state index in [9.17, 15) is 0 Å². The van der Waals surface area contributed by atoms with Gasteiger partial charge in [-0.25, -0.2) is 0 Å². The van der Waals surface area contributed by atoms with Crippen LogP contribution >= 0.6 is 0 Å². The van der Waals surface area contributed by atoms with E-state index in [1.807, 2.05) is 18.2 Å². The van der Waals surface area contributed by atoms with Crippen LogP contribution in [-0.4, -0.2) is 26.6 Å². The Morgan fingerprint density at radius 2 is 2.08 bits per heavy atom. The Hall–Kier alpha value is -2.53. The number of likely N-dealkylation sites (tertiary alicyclic amines) is 1. The molecule has 3 aromatic rings. The van der Waals surface area contributed by atoms with E-state index >= 15 is 0 Å². The molecule has 1 aliphatic heterocycles. The first-order valence-electron chi connectivity index (χ1n) is 8.84. The predicted octanol–water partition coefficient (Wildman–Crippen LogP) is 4.17. The number of hydrogen-bond acceptors (Lipinski definition) is 5. The molecule has 1 aliphatic rings. The molecule has 0 amide bonds. The van der Waals surface area contributed by atoms with Crippen LogP contribution in [0.4, 0.5) is 0 Å². The van der Waals surface area contributed by atoms with Gasteiger partial charge in [0.25, 0.3) is 5.89 Å². The molecule has 1 atom stereocenters. The van der Waals surface area contributed by atoms with Gasteiger partial charge in [0.15, 0.2) is 0 Å². The van der Waals surface area contributed by atoms with Crippen molar-refractivity contribution >= 4 is 0 Å². The number of aryl methyl sites for hydroxylation is 1. The zero-order chi connectivity index (χ0) is 17.1. The molecule has 1 aromatic carbocycles. The van der Waals surface area contributed by atoms with Gasteiger partial charge < -0.3 is 4.42 Å². The summed E-state index contributed by atoms with van der Waals surface area (Å²) in [7, 11) is 0. The van der Waals surface area contributed by atoms with E-state index in [0.717, 1.165) is 25.2 Å². The molecule has 25 heavy (non-hydrogen) atoms. The molecule has 1 saturated heterocycles. The summed E-state index contributed by atoms with van der Waals surface area (Å²) in [6.07, 6.45) is 5.19. The average molecular weight is 334 g/mol. The van der Waals surface area contributed by atoms with Gasteiger partial charge in [0.2, 0.25) is 5.89 Å². The minimum absolute atomic E-state index is 0.180. The molecule has 3 heterocycles. The summed E-state index contributed by atoms with van der Waals surface area (Å²) < 4.78 is 5.97. The van der Waals surface area contributed by atoms with Crippen LogP contribution in [0.5, 0.6) is 0 Å². The Kier molecular flexibility index (Phi) is 4.57. The van der Waals surface area contributed by atoms with Gasteiger partial charge in [0.05, 0.1) is 6.04 Å². The topological polar surface area (TPSA) is 55.1 Å². The zero-order valence-corrected chi connectivity index (χ0v) is 14.4. The molecule has 0 aliphatic carbocycles. The van der Waals surface area contributed by atoms with Crippen molar-refractivity contribution in [2.24, 2.45) is 0 Å². The third-order valence-electron chi connectivity index (χ3n) is 4.69. The summed E-state index contributed by atoms with van der Waals surface area (Å²) in [6, 6.07) is 14.6. The quantitative estimate of drug-likeness (QED) is 0.717. The number of nitrogens with zero attached hydrogens (tertiary/aromatic N) is 4. The average Bonchev–Trinajstić information content (AvgIpc) is 3.13. The van der Waals surface area contributed by atoms with Crippen molar-refractivity contribution in [1.29, 1.82) is 0 Å². The van der Waals surface area contributed by atoms with E-state index in [0.29, 0.717) is 11.8 Å². The van der Waals surface area contributed by atoms with Crippen molar-refractivity contribution in [3.05, 3.63) is 65.7 Å². The van der Waals surface area contributed by atoms with Crippen molar-refractivity contribution in [3.63, 3.8) is 0 Å². The molecule has 0 spiro atoms. The molecule has 5 nitrogen and oxygen atoms in total. The lowest BCUT2D eigenvalue weighted by molar-refractivity contribution is 0.118. The molecule has 2 aromatic heterocycles. The number of hydrogen-bond donors (Lipinski definition) is 0. The Bertz CT molecular complexity index is 830. The van der Waals surface area contributed by atoms with Crippen LogP contribution in [0.2, 0.25) is 0 Å². The van der Waals surface area contributed by atoms with Crippen LogP contribution in [0.1, 0.15) is 42.3 Å². The van der Waals surface area contributed by atoms with Crippen molar-refractivity contribution < 1.29 is 4.42 Å². The van der Waals surface area contributed by atoms with Gasteiger partial charge >= 0.3 is 0 Å². The minimum Gasteiger partial charge on any atom is -0.418 e. The van der Waals surface area contributed by atoms with Crippen LogP contribution < -0.4 is 0 Å². The maximum atomic E-state index is 5.97. The Balaban J connectivity index is 1.56. The summed E-state index contributed by atoms with van der Waals surface area (Å²) in [6.45, 7) is 4.10. The maximum absolute atomic E-state index is 5.97. The van der Waals surface area contributed by atoms with E-state index in [1.165, 1.54) is 24.0 Å². The molecular weight excluding hydrogens is 312 g/mol. The molecule has 1 fully saturated rings.